The number of benzene rings is 2. The molecular weight excluding hydrogens is 317 g/mol. The first-order valence-corrected chi connectivity index (χ1v) is 8.31. The van der Waals surface area contributed by atoms with Gasteiger partial charge in [-0.3, -0.25) is 0 Å². The fraction of sp³-hybridized carbons (Fsp3) is 0.333. The molecule has 0 bridgehead atoms. The van der Waals surface area contributed by atoms with Gasteiger partial charge in [0.2, 0.25) is 0 Å². The predicted molar refractivity (Wildman–Crippen MR) is 93.9 cm³/mol. The number of ether oxygens (including phenoxy) is 1. The molecule has 0 aliphatic heterocycles. The van der Waals surface area contributed by atoms with Crippen LogP contribution in [0.2, 0.25) is 10.0 Å². The summed E-state index contributed by atoms with van der Waals surface area (Å²) in [5.74, 6) is 0.862. The van der Waals surface area contributed by atoms with Gasteiger partial charge in [0.25, 0.3) is 0 Å². The van der Waals surface area contributed by atoms with Crippen LogP contribution in [0, 0.1) is 0 Å². The molecular formula is C18H21Cl2NO. The zero-order chi connectivity index (χ0) is 15.8. The highest BCUT2D eigenvalue weighted by Gasteiger charge is 2.02. The second-order valence-corrected chi connectivity index (χ2v) is 6.03. The maximum atomic E-state index is 6.01. The summed E-state index contributed by atoms with van der Waals surface area (Å²) in [5.41, 5.74) is 2.23. The van der Waals surface area contributed by atoms with Crippen molar-refractivity contribution in [2.75, 3.05) is 6.54 Å². The molecule has 22 heavy (non-hydrogen) atoms. The van der Waals surface area contributed by atoms with Gasteiger partial charge in [-0.2, -0.15) is 0 Å². The van der Waals surface area contributed by atoms with Crippen molar-refractivity contribution >= 4 is 23.2 Å². The van der Waals surface area contributed by atoms with Crippen molar-refractivity contribution in [2.24, 2.45) is 0 Å². The summed E-state index contributed by atoms with van der Waals surface area (Å²) in [4.78, 5) is 0. The van der Waals surface area contributed by atoms with E-state index in [4.69, 9.17) is 27.9 Å². The molecule has 2 rings (SSSR count). The SMILES string of the molecule is CCCCNCc1cccc(OCc2ccc(Cl)c(Cl)c2)c1. The number of nitrogens with one attached hydrogen (secondary N) is 1. The fourth-order valence-electron chi connectivity index (χ4n) is 2.08. The Kier molecular flexibility index (Phi) is 7.04. The van der Waals surface area contributed by atoms with Crippen molar-refractivity contribution in [3.63, 3.8) is 0 Å². The average molecular weight is 338 g/mol. The molecule has 2 aromatic carbocycles. The fourth-order valence-corrected chi connectivity index (χ4v) is 2.40. The summed E-state index contributed by atoms with van der Waals surface area (Å²) in [7, 11) is 0. The average Bonchev–Trinajstić information content (AvgIpc) is 2.53. The van der Waals surface area contributed by atoms with E-state index in [1.165, 1.54) is 18.4 Å². The molecule has 4 heteroatoms. The van der Waals surface area contributed by atoms with Gasteiger partial charge < -0.3 is 10.1 Å². The molecule has 1 N–H and O–H groups in total. The third kappa shape index (κ3) is 5.53. The van der Waals surface area contributed by atoms with Crippen molar-refractivity contribution in [3.8, 4) is 5.75 Å². The quantitative estimate of drug-likeness (QED) is 0.645. The molecule has 0 aliphatic carbocycles. The minimum atomic E-state index is 0.476. The van der Waals surface area contributed by atoms with Crippen LogP contribution >= 0.6 is 23.2 Å². The van der Waals surface area contributed by atoms with E-state index in [1.54, 1.807) is 6.07 Å². The zero-order valence-electron chi connectivity index (χ0n) is 12.7. The maximum absolute atomic E-state index is 6.01. The Morgan fingerprint density at radius 2 is 1.86 bits per heavy atom. The summed E-state index contributed by atoms with van der Waals surface area (Å²) >= 11 is 11.9. The molecule has 0 aliphatic rings. The third-order valence-electron chi connectivity index (χ3n) is 3.32. The molecule has 0 aromatic heterocycles. The molecule has 0 unspecified atom stereocenters. The first-order chi connectivity index (χ1) is 10.7. The van der Waals surface area contributed by atoms with E-state index in [-0.39, 0.29) is 0 Å². The van der Waals surface area contributed by atoms with Gasteiger partial charge in [-0.25, -0.2) is 0 Å². The lowest BCUT2D eigenvalue weighted by atomic mass is 10.2. The molecule has 0 radical (unpaired) electrons. The zero-order valence-corrected chi connectivity index (χ0v) is 14.3. The molecule has 0 atom stereocenters. The van der Waals surface area contributed by atoms with Gasteiger partial charge in [-0.05, 0) is 48.4 Å². The van der Waals surface area contributed by atoms with Crippen LogP contribution < -0.4 is 10.1 Å². The van der Waals surface area contributed by atoms with Crippen molar-refractivity contribution in [1.82, 2.24) is 5.32 Å². The minimum absolute atomic E-state index is 0.476. The summed E-state index contributed by atoms with van der Waals surface area (Å²) in [5, 5.41) is 4.54. The van der Waals surface area contributed by atoms with Crippen LogP contribution in [0.3, 0.4) is 0 Å². The minimum Gasteiger partial charge on any atom is -0.489 e. The normalized spacial score (nSPS) is 10.7. The Bertz CT molecular complexity index is 601. The molecule has 0 saturated heterocycles. The van der Waals surface area contributed by atoms with Gasteiger partial charge in [-0.15, -0.1) is 0 Å². The molecule has 118 valence electrons. The number of hydrogen-bond donors (Lipinski definition) is 1. The van der Waals surface area contributed by atoms with Crippen LogP contribution in [-0.4, -0.2) is 6.54 Å². The van der Waals surface area contributed by atoms with Gasteiger partial charge in [0, 0.05) is 6.54 Å². The molecule has 2 nitrogen and oxygen atoms in total. The summed E-state index contributed by atoms with van der Waals surface area (Å²) in [6.45, 7) is 4.58. The second-order valence-electron chi connectivity index (χ2n) is 5.21. The summed E-state index contributed by atoms with van der Waals surface area (Å²) < 4.78 is 5.83. The lowest BCUT2D eigenvalue weighted by Gasteiger charge is -2.09. The van der Waals surface area contributed by atoms with E-state index >= 15 is 0 Å². The largest absolute Gasteiger partial charge is 0.489 e. The lowest BCUT2D eigenvalue weighted by Crippen LogP contribution is -2.14. The second kappa shape index (κ2) is 9.04. The molecule has 0 amide bonds. The first-order valence-electron chi connectivity index (χ1n) is 7.55. The topological polar surface area (TPSA) is 21.3 Å². The summed E-state index contributed by atoms with van der Waals surface area (Å²) in [6, 6.07) is 13.7. The number of hydrogen-bond acceptors (Lipinski definition) is 2. The van der Waals surface area contributed by atoms with Crippen LogP contribution in [0.25, 0.3) is 0 Å². The van der Waals surface area contributed by atoms with Crippen molar-refractivity contribution in [1.29, 1.82) is 0 Å². The number of unbranched alkanes of at least 4 members (excludes halogenated alkanes) is 1. The molecule has 0 spiro atoms. The van der Waals surface area contributed by atoms with Crippen molar-refractivity contribution < 1.29 is 4.74 Å². The van der Waals surface area contributed by atoms with Crippen molar-refractivity contribution in [3.05, 3.63) is 63.6 Å². The Morgan fingerprint density at radius 1 is 1.00 bits per heavy atom. The Hall–Kier alpha value is -1.22. The van der Waals surface area contributed by atoms with Crippen LogP contribution in [0.5, 0.6) is 5.75 Å². The van der Waals surface area contributed by atoms with Crippen LogP contribution in [0.4, 0.5) is 0 Å². The number of halogens is 2. The smallest absolute Gasteiger partial charge is 0.120 e. The molecule has 2 aromatic rings. The van der Waals surface area contributed by atoms with E-state index in [2.05, 4.69) is 24.4 Å². The van der Waals surface area contributed by atoms with Gasteiger partial charge in [0.1, 0.15) is 12.4 Å². The van der Waals surface area contributed by atoms with Gasteiger partial charge >= 0.3 is 0 Å². The monoisotopic (exact) mass is 337 g/mol. The van der Waals surface area contributed by atoms with Crippen LogP contribution in [0.1, 0.15) is 30.9 Å². The predicted octanol–water partition coefficient (Wildman–Crippen LogP) is 5.46. The van der Waals surface area contributed by atoms with E-state index in [0.29, 0.717) is 16.7 Å². The van der Waals surface area contributed by atoms with Gasteiger partial charge in [0.05, 0.1) is 10.0 Å². The Balaban J connectivity index is 1.88. The highest BCUT2D eigenvalue weighted by atomic mass is 35.5. The van der Waals surface area contributed by atoms with E-state index in [9.17, 15) is 0 Å². The van der Waals surface area contributed by atoms with Gasteiger partial charge in [0.15, 0.2) is 0 Å². The van der Waals surface area contributed by atoms with E-state index in [0.717, 1.165) is 24.4 Å². The highest BCUT2D eigenvalue weighted by Crippen LogP contribution is 2.23. The van der Waals surface area contributed by atoms with E-state index in [1.807, 2.05) is 24.3 Å². The molecule has 0 fully saturated rings. The van der Waals surface area contributed by atoms with Gasteiger partial charge in [-0.1, -0.05) is 54.7 Å². The highest BCUT2D eigenvalue weighted by molar-refractivity contribution is 6.42. The molecule has 0 saturated carbocycles. The lowest BCUT2D eigenvalue weighted by molar-refractivity contribution is 0.306. The standard InChI is InChI=1S/C18H21Cl2NO/c1-2-3-9-21-12-14-5-4-6-16(10-14)22-13-15-7-8-17(19)18(20)11-15/h4-8,10-11,21H,2-3,9,12-13H2,1H3. The summed E-state index contributed by atoms with van der Waals surface area (Å²) in [6.07, 6.45) is 2.41. The first kappa shape index (κ1) is 17.1. The number of rotatable bonds is 8. The molecule has 0 heterocycles. The van der Waals surface area contributed by atoms with Crippen LogP contribution in [-0.2, 0) is 13.2 Å². The van der Waals surface area contributed by atoms with E-state index < -0.39 is 0 Å². The van der Waals surface area contributed by atoms with Crippen LogP contribution in [0.15, 0.2) is 42.5 Å². The van der Waals surface area contributed by atoms with Crippen molar-refractivity contribution in [2.45, 2.75) is 32.9 Å². The Morgan fingerprint density at radius 3 is 2.64 bits per heavy atom. The third-order valence-corrected chi connectivity index (χ3v) is 4.06. The Labute approximate surface area is 142 Å². The maximum Gasteiger partial charge on any atom is 0.120 e.